The van der Waals surface area contributed by atoms with E-state index < -0.39 is 0 Å². The molecule has 0 saturated heterocycles. The number of nitrogens with two attached hydrogens (primary N) is 1. The van der Waals surface area contributed by atoms with Crippen molar-refractivity contribution in [1.82, 2.24) is 19.7 Å². The molecule has 2 N–H and O–H groups in total. The van der Waals surface area contributed by atoms with Gasteiger partial charge in [0.2, 0.25) is 5.95 Å². The van der Waals surface area contributed by atoms with Crippen LogP contribution in [0.5, 0.6) is 0 Å². The van der Waals surface area contributed by atoms with Crippen LogP contribution in [0.25, 0.3) is 0 Å². The van der Waals surface area contributed by atoms with E-state index in [9.17, 15) is 0 Å². The number of aryl methyl sites for hydroxylation is 1. The first-order chi connectivity index (χ1) is 8.08. The van der Waals surface area contributed by atoms with Crippen LogP contribution in [-0.2, 0) is 5.75 Å². The molecule has 0 saturated carbocycles. The summed E-state index contributed by atoms with van der Waals surface area (Å²) in [5.41, 5.74) is 6.84. The fourth-order valence-corrected chi connectivity index (χ4v) is 3.33. The molecule has 0 unspecified atom stereocenters. The maximum absolute atomic E-state index is 5.78. The van der Waals surface area contributed by atoms with Crippen molar-refractivity contribution in [2.45, 2.75) is 37.7 Å². The third kappa shape index (κ3) is 2.78. The highest BCUT2D eigenvalue weighted by atomic mass is 32.2. The van der Waals surface area contributed by atoms with E-state index in [1.54, 1.807) is 23.1 Å². The number of nitrogen functional groups attached to an aromatic ring is 1. The van der Waals surface area contributed by atoms with Gasteiger partial charge in [0.25, 0.3) is 0 Å². The molecular formula is C10H15N5S2. The molecule has 92 valence electrons. The van der Waals surface area contributed by atoms with Gasteiger partial charge in [0, 0.05) is 17.1 Å². The summed E-state index contributed by atoms with van der Waals surface area (Å²) in [4.78, 5) is 4.42. The Kier molecular flexibility index (Phi) is 3.68. The minimum absolute atomic E-state index is 0.269. The first kappa shape index (κ1) is 12.4. The Bertz CT molecular complexity index is 503. The molecule has 0 atom stereocenters. The highest BCUT2D eigenvalue weighted by Crippen LogP contribution is 2.26. The minimum Gasteiger partial charge on any atom is -0.368 e. The van der Waals surface area contributed by atoms with Crippen molar-refractivity contribution in [2.24, 2.45) is 0 Å². The van der Waals surface area contributed by atoms with Crippen LogP contribution in [-0.4, -0.2) is 19.7 Å². The van der Waals surface area contributed by atoms with E-state index in [0.717, 1.165) is 21.6 Å². The second-order valence-electron chi connectivity index (χ2n) is 3.98. The van der Waals surface area contributed by atoms with E-state index in [2.05, 4.69) is 34.4 Å². The van der Waals surface area contributed by atoms with E-state index in [-0.39, 0.29) is 6.04 Å². The summed E-state index contributed by atoms with van der Waals surface area (Å²) in [5, 5.41) is 12.0. The van der Waals surface area contributed by atoms with Gasteiger partial charge < -0.3 is 5.73 Å². The molecule has 0 radical (unpaired) electrons. The van der Waals surface area contributed by atoms with Crippen molar-refractivity contribution in [1.29, 1.82) is 0 Å². The zero-order valence-corrected chi connectivity index (χ0v) is 11.7. The Balaban J connectivity index is 2.09. The smallest absolute Gasteiger partial charge is 0.222 e. The van der Waals surface area contributed by atoms with Gasteiger partial charge in [0.1, 0.15) is 5.01 Å². The Labute approximate surface area is 108 Å². The molecule has 0 aliphatic rings. The molecule has 0 bridgehead atoms. The number of thiazole rings is 1. The summed E-state index contributed by atoms with van der Waals surface area (Å²) in [6.07, 6.45) is 0. The van der Waals surface area contributed by atoms with Gasteiger partial charge in [-0.15, -0.1) is 21.5 Å². The lowest BCUT2D eigenvalue weighted by atomic mass is 10.4. The average Bonchev–Trinajstić information content (AvgIpc) is 2.82. The molecule has 0 aliphatic carbocycles. The van der Waals surface area contributed by atoms with E-state index >= 15 is 0 Å². The standard InChI is InChI=1S/C10H15N5S2/c1-6(2)15-9(11)13-14-10(15)17-5-8-12-7(3)4-16-8/h4,6H,5H2,1-3H3,(H2,11,13). The zero-order valence-electron chi connectivity index (χ0n) is 10.0. The van der Waals surface area contributed by atoms with Gasteiger partial charge in [0.05, 0.1) is 5.75 Å². The molecule has 0 spiro atoms. The number of rotatable bonds is 4. The number of hydrogen-bond acceptors (Lipinski definition) is 6. The van der Waals surface area contributed by atoms with Crippen LogP contribution in [0, 0.1) is 6.92 Å². The second-order valence-corrected chi connectivity index (χ2v) is 5.86. The van der Waals surface area contributed by atoms with Gasteiger partial charge in [-0.2, -0.15) is 0 Å². The molecule has 0 aromatic carbocycles. The third-order valence-corrected chi connectivity index (χ3v) is 4.30. The Morgan fingerprint density at radius 3 is 2.82 bits per heavy atom. The fourth-order valence-electron chi connectivity index (χ4n) is 1.47. The topological polar surface area (TPSA) is 69.6 Å². The molecule has 0 aliphatic heterocycles. The predicted octanol–water partition coefficient (Wildman–Crippen LogP) is 2.50. The number of anilines is 1. The number of nitrogens with zero attached hydrogens (tertiary/aromatic N) is 4. The summed E-state index contributed by atoms with van der Waals surface area (Å²) in [7, 11) is 0. The van der Waals surface area contributed by atoms with E-state index in [0.29, 0.717) is 5.95 Å². The van der Waals surface area contributed by atoms with Gasteiger partial charge in [-0.3, -0.25) is 4.57 Å². The summed E-state index contributed by atoms with van der Waals surface area (Å²) >= 11 is 3.29. The van der Waals surface area contributed by atoms with Crippen molar-refractivity contribution in [2.75, 3.05) is 5.73 Å². The normalized spacial score (nSPS) is 11.3. The van der Waals surface area contributed by atoms with Crippen molar-refractivity contribution in [3.63, 3.8) is 0 Å². The number of aromatic nitrogens is 4. The van der Waals surface area contributed by atoms with Crippen LogP contribution < -0.4 is 5.73 Å². The summed E-state index contributed by atoms with van der Waals surface area (Å²) < 4.78 is 1.94. The van der Waals surface area contributed by atoms with Gasteiger partial charge in [-0.1, -0.05) is 11.8 Å². The van der Waals surface area contributed by atoms with Crippen LogP contribution in [0.15, 0.2) is 10.5 Å². The Morgan fingerprint density at radius 2 is 2.24 bits per heavy atom. The molecule has 0 amide bonds. The predicted molar refractivity (Wildman–Crippen MR) is 71.2 cm³/mol. The van der Waals surface area contributed by atoms with Gasteiger partial charge >= 0.3 is 0 Å². The van der Waals surface area contributed by atoms with Crippen molar-refractivity contribution in [3.05, 3.63) is 16.1 Å². The van der Waals surface area contributed by atoms with Gasteiger partial charge in [-0.05, 0) is 20.8 Å². The summed E-state index contributed by atoms with van der Waals surface area (Å²) in [6, 6.07) is 0.269. The maximum atomic E-state index is 5.78. The molecule has 2 aromatic rings. The number of hydrogen-bond donors (Lipinski definition) is 1. The van der Waals surface area contributed by atoms with Gasteiger partial charge in [0.15, 0.2) is 5.16 Å². The Morgan fingerprint density at radius 1 is 1.47 bits per heavy atom. The minimum atomic E-state index is 0.269. The second kappa shape index (κ2) is 5.05. The van der Waals surface area contributed by atoms with Crippen LogP contribution >= 0.6 is 23.1 Å². The molecule has 2 aromatic heterocycles. The van der Waals surface area contributed by atoms with Crippen LogP contribution in [0.3, 0.4) is 0 Å². The lowest BCUT2D eigenvalue weighted by Crippen LogP contribution is -2.06. The summed E-state index contributed by atoms with van der Waals surface area (Å²) in [5.74, 6) is 1.28. The lowest BCUT2D eigenvalue weighted by Gasteiger charge is -2.10. The first-order valence-electron chi connectivity index (χ1n) is 5.32. The van der Waals surface area contributed by atoms with Crippen LogP contribution in [0.1, 0.15) is 30.6 Å². The highest BCUT2D eigenvalue weighted by Gasteiger charge is 2.13. The van der Waals surface area contributed by atoms with Crippen molar-refractivity contribution >= 4 is 29.0 Å². The zero-order chi connectivity index (χ0) is 12.4. The quantitative estimate of drug-likeness (QED) is 0.864. The molecule has 5 nitrogen and oxygen atoms in total. The maximum Gasteiger partial charge on any atom is 0.222 e. The van der Waals surface area contributed by atoms with Crippen molar-refractivity contribution in [3.8, 4) is 0 Å². The van der Waals surface area contributed by atoms with E-state index in [4.69, 9.17) is 5.73 Å². The fraction of sp³-hybridized carbons (Fsp3) is 0.500. The first-order valence-corrected chi connectivity index (χ1v) is 7.18. The molecule has 2 heterocycles. The molecular weight excluding hydrogens is 254 g/mol. The lowest BCUT2D eigenvalue weighted by molar-refractivity contribution is 0.557. The van der Waals surface area contributed by atoms with Crippen LogP contribution in [0.4, 0.5) is 5.95 Å². The Hall–Kier alpha value is -1.08. The molecule has 17 heavy (non-hydrogen) atoms. The molecule has 0 fully saturated rings. The monoisotopic (exact) mass is 269 g/mol. The third-order valence-electron chi connectivity index (χ3n) is 2.20. The van der Waals surface area contributed by atoms with Crippen molar-refractivity contribution < 1.29 is 0 Å². The largest absolute Gasteiger partial charge is 0.368 e. The SMILES string of the molecule is Cc1csc(CSc2nnc(N)n2C(C)C)n1. The van der Waals surface area contributed by atoms with E-state index in [1.165, 1.54) is 0 Å². The van der Waals surface area contributed by atoms with E-state index in [1.807, 2.05) is 11.5 Å². The highest BCUT2D eigenvalue weighted by molar-refractivity contribution is 7.98. The van der Waals surface area contributed by atoms with Gasteiger partial charge in [-0.25, -0.2) is 4.98 Å². The average molecular weight is 269 g/mol. The molecule has 2 rings (SSSR count). The van der Waals surface area contributed by atoms with Crippen LogP contribution in [0.2, 0.25) is 0 Å². The number of thioether (sulfide) groups is 1. The summed E-state index contributed by atoms with van der Waals surface area (Å²) in [6.45, 7) is 6.13. The molecule has 7 heteroatoms.